The summed E-state index contributed by atoms with van der Waals surface area (Å²) in [7, 11) is 0. The Morgan fingerprint density at radius 1 is 1.17 bits per heavy atom. The van der Waals surface area contributed by atoms with Crippen LogP contribution in [0.15, 0.2) is 24.3 Å². The standard InChI is InChI=1S/C20H32N2O/c1-5-17-10-12-18(13-11-17)16(4)21-20(23)14-22(15(2)3)19-8-6-7-9-19/h10-13,15-16,19H,5-9,14H2,1-4H3,(H,21,23). The molecule has 1 aromatic rings. The molecule has 1 amide bonds. The fourth-order valence-corrected chi connectivity index (χ4v) is 3.55. The lowest BCUT2D eigenvalue weighted by Gasteiger charge is -2.32. The van der Waals surface area contributed by atoms with E-state index in [1.165, 1.54) is 36.8 Å². The first-order valence-corrected chi connectivity index (χ1v) is 9.15. The van der Waals surface area contributed by atoms with Gasteiger partial charge in [0.2, 0.25) is 5.91 Å². The van der Waals surface area contributed by atoms with Crippen molar-refractivity contribution in [2.75, 3.05) is 6.54 Å². The van der Waals surface area contributed by atoms with Crippen molar-refractivity contribution in [3.8, 4) is 0 Å². The Labute approximate surface area is 141 Å². The van der Waals surface area contributed by atoms with Gasteiger partial charge in [0.25, 0.3) is 0 Å². The fraction of sp³-hybridized carbons (Fsp3) is 0.650. The fourth-order valence-electron chi connectivity index (χ4n) is 3.55. The Balaban J connectivity index is 1.91. The number of aryl methyl sites for hydroxylation is 1. The third-order valence-electron chi connectivity index (χ3n) is 5.05. The van der Waals surface area contributed by atoms with Gasteiger partial charge in [-0.1, -0.05) is 44.0 Å². The number of nitrogens with one attached hydrogen (secondary N) is 1. The van der Waals surface area contributed by atoms with Crippen molar-refractivity contribution in [2.24, 2.45) is 0 Å². The smallest absolute Gasteiger partial charge is 0.234 e. The molecule has 3 nitrogen and oxygen atoms in total. The Hall–Kier alpha value is -1.35. The van der Waals surface area contributed by atoms with E-state index in [2.05, 4.69) is 62.2 Å². The summed E-state index contributed by atoms with van der Waals surface area (Å²) in [6, 6.07) is 9.62. The maximum absolute atomic E-state index is 12.5. The van der Waals surface area contributed by atoms with Gasteiger partial charge in [-0.3, -0.25) is 9.69 Å². The summed E-state index contributed by atoms with van der Waals surface area (Å²) >= 11 is 0. The van der Waals surface area contributed by atoms with Crippen LogP contribution in [-0.2, 0) is 11.2 Å². The molecule has 2 rings (SSSR count). The molecule has 23 heavy (non-hydrogen) atoms. The number of carbonyl (C=O) groups excluding carboxylic acids is 1. The summed E-state index contributed by atoms with van der Waals surface area (Å²) in [6.07, 6.45) is 6.12. The zero-order chi connectivity index (χ0) is 16.8. The minimum absolute atomic E-state index is 0.0611. The molecule has 0 aromatic heterocycles. The zero-order valence-electron chi connectivity index (χ0n) is 15.1. The van der Waals surface area contributed by atoms with Crippen LogP contribution in [0.4, 0.5) is 0 Å². The first kappa shape index (κ1) is 18.0. The molecule has 1 unspecified atom stereocenters. The second kappa shape index (κ2) is 8.49. The largest absolute Gasteiger partial charge is 0.348 e. The first-order valence-electron chi connectivity index (χ1n) is 9.15. The molecule has 0 radical (unpaired) electrons. The van der Waals surface area contributed by atoms with Crippen molar-refractivity contribution in [2.45, 2.75) is 77.9 Å². The predicted octanol–water partition coefficient (Wildman–Crippen LogP) is 4.08. The van der Waals surface area contributed by atoms with Crippen molar-refractivity contribution in [1.29, 1.82) is 0 Å². The van der Waals surface area contributed by atoms with Gasteiger partial charge < -0.3 is 5.32 Å². The van der Waals surface area contributed by atoms with E-state index >= 15 is 0 Å². The van der Waals surface area contributed by atoms with Crippen molar-refractivity contribution < 1.29 is 4.79 Å². The summed E-state index contributed by atoms with van der Waals surface area (Å²) in [5.74, 6) is 0.137. The van der Waals surface area contributed by atoms with Crippen molar-refractivity contribution in [3.63, 3.8) is 0 Å². The average Bonchev–Trinajstić information content (AvgIpc) is 3.06. The minimum atomic E-state index is 0.0611. The number of hydrogen-bond acceptors (Lipinski definition) is 2. The van der Waals surface area contributed by atoms with Gasteiger partial charge in [-0.05, 0) is 51.2 Å². The predicted molar refractivity (Wildman–Crippen MR) is 96.5 cm³/mol. The second-order valence-electron chi connectivity index (χ2n) is 7.09. The van der Waals surface area contributed by atoms with Crippen LogP contribution in [0.1, 0.15) is 70.5 Å². The lowest BCUT2D eigenvalue weighted by Crippen LogP contribution is -2.46. The Kier molecular flexibility index (Phi) is 6.64. The van der Waals surface area contributed by atoms with Gasteiger partial charge >= 0.3 is 0 Å². The molecular formula is C20H32N2O. The molecule has 0 bridgehead atoms. The summed E-state index contributed by atoms with van der Waals surface area (Å²) in [4.78, 5) is 14.8. The topological polar surface area (TPSA) is 32.3 Å². The van der Waals surface area contributed by atoms with Gasteiger partial charge in [-0.2, -0.15) is 0 Å². The molecular weight excluding hydrogens is 284 g/mol. The van der Waals surface area contributed by atoms with Crippen LogP contribution >= 0.6 is 0 Å². The number of hydrogen-bond donors (Lipinski definition) is 1. The van der Waals surface area contributed by atoms with Crippen LogP contribution in [0.2, 0.25) is 0 Å². The van der Waals surface area contributed by atoms with Gasteiger partial charge in [0.15, 0.2) is 0 Å². The van der Waals surface area contributed by atoms with Crippen molar-refractivity contribution in [3.05, 3.63) is 35.4 Å². The highest BCUT2D eigenvalue weighted by molar-refractivity contribution is 5.78. The van der Waals surface area contributed by atoms with Crippen LogP contribution in [0.25, 0.3) is 0 Å². The molecule has 0 spiro atoms. The highest BCUT2D eigenvalue weighted by atomic mass is 16.2. The first-order chi connectivity index (χ1) is 11.0. The number of amides is 1. The van der Waals surface area contributed by atoms with Gasteiger partial charge in [0, 0.05) is 12.1 Å². The van der Waals surface area contributed by atoms with Crippen LogP contribution in [-0.4, -0.2) is 29.4 Å². The molecule has 0 saturated heterocycles. The number of nitrogens with zero attached hydrogens (tertiary/aromatic N) is 1. The number of benzene rings is 1. The molecule has 1 aliphatic rings. The SMILES string of the molecule is CCc1ccc(C(C)NC(=O)CN(C(C)C)C2CCCC2)cc1. The Morgan fingerprint density at radius 3 is 2.30 bits per heavy atom. The summed E-state index contributed by atoms with van der Waals surface area (Å²) in [5, 5.41) is 3.16. The zero-order valence-corrected chi connectivity index (χ0v) is 15.1. The quantitative estimate of drug-likeness (QED) is 0.822. The van der Waals surface area contributed by atoms with Crippen LogP contribution in [0.5, 0.6) is 0 Å². The third-order valence-corrected chi connectivity index (χ3v) is 5.05. The molecule has 1 saturated carbocycles. The molecule has 1 fully saturated rings. The summed E-state index contributed by atoms with van der Waals surface area (Å²) in [6.45, 7) is 9.12. The molecule has 3 heteroatoms. The van der Waals surface area contributed by atoms with E-state index in [1.807, 2.05) is 0 Å². The molecule has 1 N–H and O–H groups in total. The lowest BCUT2D eigenvalue weighted by atomic mass is 10.0. The summed E-state index contributed by atoms with van der Waals surface area (Å²) < 4.78 is 0. The lowest BCUT2D eigenvalue weighted by molar-refractivity contribution is -0.124. The van der Waals surface area contributed by atoms with Gasteiger partial charge in [-0.25, -0.2) is 0 Å². The van der Waals surface area contributed by atoms with Gasteiger partial charge in [0.1, 0.15) is 0 Å². The molecule has 128 valence electrons. The summed E-state index contributed by atoms with van der Waals surface area (Å²) in [5.41, 5.74) is 2.51. The van der Waals surface area contributed by atoms with E-state index in [9.17, 15) is 4.79 Å². The average molecular weight is 316 g/mol. The van der Waals surface area contributed by atoms with Crippen molar-refractivity contribution >= 4 is 5.91 Å². The monoisotopic (exact) mass is 316 g/mol. The van der Waals surface area contributed by atoms with Crippen LogP contribution in [0, 0.1) is 0 Å². The molecule has 1 atom stereocenters. The second-order valence-corrected chi connectivity index (χ2v) is 7.09. The maximum Gasteiger partial charge on any atom is 0.234 e. The Morgan fingerprint density at radius 2 is 1.78 bits per heavy atom. The maximum atomic E-state index is 12.5. The van der Waals surface area contributed by atoms with Crippen molar-refractivity contribution in [1.82, 2.24) is 10.2 Å². The minimum Gasteiger partial charge on any atom is -0.348 e. The highest BCUT2D eigenvalue weighted by Gasteiger charge is 2.26. The molecule has 1 aliphatic carbocycles. The molecule has 1 aromatic carbocycles. The molecule has 0 heterocycles. The normalized spacial score (nSPS) is 17.0. The number of carbonyl (C=O) groups is 1. The Bertz CT molecular complexity index is 489. The van der Waals surface area contributed by atoms with E-state index in [0.29, 0.717) is 18.6 Å². The van der Waals surface area contributed by atoms with E-state index in [0.717, 1.165) is 6.42 Å². The van der Waals surface area contributed by atoms with Crippen LogP contribution < -0.4 is 5.32 Å². The molecule has 0 aliphatic heterocycles. The van der Waals surface area contributed by atoms with Crippen LogP contribution in [0.3, 0.4) is 0 Å². The van der Waals surface area contributed by atoms with E-state index < -0.39 is 0 Å². The van der Waals surface area contributed by atoms with Gasteiger partial charge in [-0.15, -0.1) is 0 Å². The number of rotatable bonds is 7. The third kappa shape index (κ3) is 5.07. The van der Waals surface area contributed by atoms with E-state index in [1.54, 1.807) is 0 Å². The van der Waals surface area contributed by atoms with E-state index in [-0.39, 0.29) is 11.9 Å². The van der Waals surface area contributed by atoms with Gasteiger partial charge in [0.05, 0.1) is 12.6 Å². The van der Waals surface area contributed by atoms with E-state index in [4.69, 9.17) is 0 Å². The highest BCUT2D eigenvalue weighted by Crippen LogP contribution is 2.25.